The lowest BCUT2D eigenvalue weighted by atomic mass is 10.0. The minimum Gasteiger partial charge on any atom is -0.493 e. The summed E-state index contributed by atoms with van der Waals surface area (Å²) >= 11 is 0. The largest absolute Gasteiger partial charge is 0.493 e. The van der Waals surface area contributed by atoms with Crippen LogP contribution < -0.4 is 19.1 Å². The van der Waals surface area contributed by atoms with Crippen LogP contribution in [0, 0.1) is 0 Å². The number of hydrogen-bond acceptors (Lipinski definition) is 8. The van der Waals surface area contributed by atoms with E-state index in [0.717, 1.165) is 50.4 Å². The van der Waals surface area contributed by atoms with Crippen molar-refractivity contribution in [2.45, 2.75) is 37.8 Å². The van der Waals surface area contributed by atoms with Crippen LogP contribution in [0.5, 0.6) is 17.2 Å². The van der Waals surface area contributed by atoms with E-state index in [1.54, 1.807) is 21.3 Å². The summed E-state index contributed by atoms with van der Waals surface area (Å²) in [6.45, 7) is 3.62. The van der Waals surface area contributed by atoms with E-state index in [1.165, 1.54) is 18.5 Å². The molecule has 0 radical (unpaired) electrons. The van der Waals surface area contributed by atoms with E-state index in [0.29, 0.717) is 23.3 Å². The van der Waals surface area contributed by atoms with Gasteiger partial charge in [-0.3, -0.25) is 4.90 Å². The van der Waals surface area contributed by atoms with Crippen LogP contribution in [0.15, 0.2) is 42.5 Å². The molecule has 5 rings (SSSR count). The first kappa shape index (κ1) is 23.4. The Morgan fingerprint density at radius 1 is 0.857 bits per heavy atom. The van der Waals surface area contributed by atoms with Crippen LogP contribution in [-0.2, 0) is 0 Å². The van der Waals surface area contributed by atoms with Crippen LogP contribution in [-0.4, -0.2) is 72.6 Å². The van der Waals surface area contributed by atoms with Crippen LogP contribution in [0.1, 0.15) is 49.2 Å². The zero-order valence-electron chi connectivity index (χ0n) is 20.8. The number of ether oxygens (including phenoxy) is 3. The zero-order valence-corrected chi connectivity index (χ0v) is 20.8. The van der Waals surface area contributed by atoms with Gasteiger partial charge in [0.2, 0.25) is 5.75 Å². The lowest BCUT2D eigenvalue weighted by Gasteiger charge is -2.40. The fourth-order valence-electron chi connectivity index (χ4n) is 5.45. The molecule has 2 heterocycles. The molecule has 1 aliphatic carbocycles. The molecule has 186 valence electrons. The average Bonchev–Trinajstić information content (AvgIpc) is 3.61. The highest BCUT2D eigenvalue weighted by Crippen LogP contribution is 2.43. The van der Waals surface area contributed by atoms with Gasteiger partial charge in [0.1, 0.15) is 0 Å². The van der Waals surface area contributed by atoms with Crippen LogP contribution in [0.25, 0.3) is 0 Å². The van der Waals surface area contributed by atoms with Crippen LogP contribution >= 0.6 is 0 Å². The van der Waals surface area contributed by atoms with E-state index in [1.807, 2.05) is 12.1 Å². The van der Waals surface area contributed by atoms with Gasteiger partial charge in [0, 0.05) is 31.9 Å². The maximum absolute atomic E-state index is 5.69. The molecule has 1 saturated heterocycles. The summed E-state index contributed by atoms with van der Waals surface area (Å²) in [6, 6.07) is 14.9. The second-order valence-corrected chi connectivity index (χ2v) is 9.14. The molecule has 1 atom stereocenters. The molecule has 2 aromatic carbocycles. The second kappa shape index (κ2) is 10.5. The molecular weight excluding hydrogens is 444 g/mol. The Morgan fingerprint density at radius 3 is 2.11 bits per heavy atom. The first-order chi connectivity index (χ1) is 17.2. The molecule has 9 heteroatoms. The number of nitrogens with zero attached hydrogens (tertiary/aromatic N) is 6. The van der Waals surface area contributed by atoms with Crippen molar-refractivity contribution in [1.82, 2.24) is 25.1 Å². The van der Waals surface area contributed by atoms with Crippen molar-refractivity contribution in [3.05, 3.63) is 53.9 Å². The molecular formula is C26H34N6O3. The van der Waals surface area contributed by atoms with E-state index in [4.69, 9.17) is 14.2 Å². The molecule has 0 unspecified atom stereocenters. The van der Waals surface area contributed by atoms with E-state index >= 15 is 0 Å². The third kappa shape index (κ3) is 4.65. The Labute approximate surface area is 206 Å². The SMILES string of the molecule is COc1cc([C@@H](c2nnnn2C2CCCC2)N2CCN(c3ccccc3)CC2)cc(OC)c1OC. The highest BCUT2D eigenvalue weighted by molar-refractivity contribution is 5.55. The number of aromatic nitrogens is 4. The van der Waals surface area contributed by atoms with Gasteiger partial charge in [-0.2, -0.15) is 0 Å². The lowest BCUT2D eigenvalue weighted by Crippen LogP contribution is -2.48. The van der Waals surface area contributed by atoms with Gasteiger partial charge in [0.05, 0.1) is 33.4 Å². The highest BCUT2D eigenvalue weighted by atomic mass is 16.5. The Balaban J connectivity index is 1.52. The third-order valence-corrected chi connectivity index (χ3v) is 7.24. The lowest BCUT2D eigenvalue weighted by molar-refractivity contribution is 0.197. The number of rotatable bonds is 8. The molecule has 2 aliphatic rings. The van der Waals surface area contributed by atoms with Gasteiger partial charge in [-0.05, 0) is 53.1 Å². The number of anilines is 1. The van der Waals surface area contributed by atoms with E-state index < -0.39 is 0 Å². The fourth-order valence-corrected chi connectivity index (χ4v) is 5.45. The molecule has 0 bridgehead atoms. The summed E-state index contributed by atoms with van der Waals surface area (Å²) in [5.41, 5.74) is 2.29. The Kier molecular flexibility index (Phi) is 7.03. The molecule has 9 nitrogen and oxygen atoms in total. The zero-order chi connectivity index (χ0) is 24.2. The number of tetrazole rings is 1. The first-order valence-electron chi connectivity index (χ1n) is 12.3. The van der Waals surface area contributed by atoms with Crippen molar-refractivity contribution in [3.63, 3.8) is 0 Å². The molecule has 2 fully saturated rings. The number of hydrogen-bond donors (Lipinski definition) is 0. The summed E-state index contributed by atoms with van der Waals surface area (Å²) in [5.74, 6) is 2.73. The summed E-state index contributed by atoms with van der Waals surface area (Å²) in [6.07, 6.45) is 4.66. The van der Waals surface area contributed by atoms with Crippen LogP contribution in [0.3, 0.4) is 0 Å². The Morgan fingerprint density at radius 2 is 1.51 bits per heavy atom. The van der Waals surface area contributed by atoms with Crippen LogP contribution in [0.2, 0.25) is 0 Å². The third-order valence-electron chi connectivity index (χ3n) is 7.24. The van der Waals surface area contributed by atoms with E-state index in [2.05, 4.69) is 60.3 Å². The van der Waals surface area contributed by atoms with E-state index in [-0.39, 0.29) is 6.04 Å². The van der Waals surface area contributed by atoms with Crippen molar-refractivity contribution < 1.29 is 14.2 Å². The predicted molar refractivity (Wildman–Crippen MR) is 133 cm³/mol. The van der Waals surface area contributed by atoms with Gasteiger partial charge >= 0.3 is 0 Å². The monoisotopic (exact) mass is 478 g/mol. The number of piperazine rings is 1. The topological polar surface area (TPSA) is 77.8 Å². The van der Waals surface area contributed by atoms with Gasteiger partial charge in [0.15, 0.2) is 17.3 Å². The fraction of sp³-hybridized carbons (Fsp3) is 0.500. The van der Waals surface area contributed by atoms with Crippen molar-refractivity contribution >= 4 is 5.69 Å². The number of benzene rings is 2. The second-order valence-electron chi connectivity index (χ2n) is 9.14. The summed E-state index contributed by atoms with van der Waals surface area (Å²) in [5, 5.41) is 13.2. The minimum absolute atomic E-state index is 0.128. The van der Waals surface area contributed by atoms with Crippen molar-refractivity contribution in [1.29, 1.82) is 0 Å². The van der Waals surface area contributed by atoms with Gasteiger partial charge in [-0.15, -0.1) is 5.10 Å². The summed E-state index contributed by atoms with van der Waals surface area (Å²) in [4.78, 5) is 4.90. The molecule has 1 aliphatic heterocycles. The van der Waals surface area contributed by atoms with Crippen molar-refractivity contribution in [2.24, 2.45) is 0 Å². The maximum Gasteiger partial charge on any atom is 0.203 e. The molecule has 1 saturated carbocycles. The highest BCUT2D eigenvalue weighted by Gasteiger charge is 2.34. The van der Waals surface area contributed by atoms with Gasteiger partial charge in [0.25, 0.3) is 0 Å². The quantitative estimate of drug-likeness (QED) is 0.485. The van der Waals surface area contributed by atoms with Gasteiger partial charge in [-0.1, -0.05) is 31.0 Å². The van der Waals surface area contributed by atoms with Crippen LogP contribution in [0.4, 0.5) is 5.69 Å². The normalized spacial score (nSPS) is 18.0. The average molecular weight is 479 g/mol. The van der Waals surface area contributed by atoms with Crippen molar-refractivity contribution in [3.8, 4) is 17.2 Å². The minimum atomic E-state index is -0.128. The maximum atomic E-state index is 5.69. The number of para-hydroxylation sites is 1. The molecule has 3 aromatic rings. The predicted octanol–water partition coefficient (Wildman–Crippen LogP) is 3.73. The Bertz CT molecular complexity index is 1080. The molecule has 0 spiro atoms. The molecule has 35 heavy (non-hydrogen) atoms. The smallest absolute Gasteiger partial charge is 0.203 e. The summed E-state index contributed by atoms with van der Waals surface area (Å²) < 4.78 is 19.0. The molecule has 0 N–H and O–H groups in total. The number of methoxy groups -OCH3 is 3. The Hall–Kier alpha value is -3.33. The van der Waals surface area contributed by atoms with Gasteiger partial charge < -0.3 is 19.1 Å². The van der Waals surface area contributed by atoms with Gasteiger partial charge in [-0.25, -0.2) is 4.68 Å². The first-order valence-corrected chi connectivity index (χ1v) is 12.3. The molecule has 0 amide bonds. The van der Waals surface area contributed by atoms with E-state index in [9.17, 15) is 0 Å². The molecule has 1 aromatic heterocycles. The van der Waals surface area contributed by atoms with Crippen molar-refractivity contribution in [2.75, 3.05) is 52.4 Å². The standard InChI is InChI=1S/C26H34N6O3/c1-33-22-17-19(18-23(34-2)25(22)35-3)24(26-27-28-29-32(26)21-11-7-8-12-21)31-15-13-30(14-16-31)20-9-5-4-6-10-20/h4-6,9-10,17-18,21,24H,7-8,11-16H2,1-3H3/t24-/m0/s1. The summed E-state index contributed by atoms with van der Waals surface area (Å²) in [7, 11) is 4.93.